The normalized spacial score (nSPS) is 16.5. The Labute approximate surface area is 112 Å². The Morgan fingerprint density at radius 2 is 2.11 bits per heavy atom. The summed E-state index contributed by atoms with van der Waals surface area (Å²) >= 11 is 0. The second kappa shape index (κ2) is 5.84. The zero-order valence-corrected chi connectivity index (χ0v) is 11.1. The molecule has 5 heteroatoms. The van der Waals surface area contributed by atoms with Gasteiger partial charge in [0.25, 0.3) is 0 Å². The van der Waals surface area contributed by atoms with Crippen LogP contribution in [0.4, 0.5) is 5.69 Å². The standard InChI is InChI=1S/C14H19N3O2/c1-10(15)14(19)16-9-11-4-6-12(7-5-11)17-8-2-3-13(17)18/h4-7,10H,2-3,8-9,15H2,1H3,(H,16,19)/t10-/m0/s1. The molecule has 0 radical (unpaired) electrons. The van der Waals surface area contributed by atoms with Gasteiger partial charge in [-0.3, -0.25) is 9.59 Å². The highest BCUT2D eigenvalue weighted by atomic mass is 16.2. The molecule has 2 rings (SSSR count). The molecule has 0 aromatic heterocycles. The fourth-order valence-corrected chi connectivity index (χ4v) is 2.07. The van der Waals surface area contributed by atoms with Crippen molar-refractivity contribution in [2.75, 3.05) is 11.4 Å². The molecule has 19 heavy (non-hydrogen) atoms. The van der Waals surface area contributed by atoms with E-state index in [-0.39, 0.29) is 11.8 Å². The van der Waals surface area contributed by atoms with E-state index < -0.39 is 6.04 Å². The van der Waals surface area contributed by atoms with Gasteiger partial charge in [0, 0.05) is 25.2 Å². The van der Waals surface area contributed by atoms with Gasteiger partial charge in [0.2, 0.25) is 11.8 Å². The molecular formula is C14H19N3O2. The van der Waals surface area contributed by atoms with Crippen molar-refractivity contribution in [2.24, 2.45) is 5.73 Å². The molecule has 0 bridgehead atoms. The molecule has 1 heterocycles. The highest BCUT2D eigenvalue weighted by molar-refractivity contribution is 5.95. The van der Waals surface area contributed by atoms with Gasteiger partial charge >= 0.3 is 0 Å². The summed E-state index contributed by atoms with van der Waals surface area (Å²) in [5, 5.41) is 2.75. The molecule has 0 aliphatic carbocycles. The first-order valence-corrected chi connectivity index (χ1v) is 6.50. The molecule has 5 nitrogen and oxygen atoms in total. The quantitative estimate of drug-likeness (QED) is 0.841. The lowest BCUT2D eigenvalue weighted by atomic mass is 10.2. The van der Waals surface area contributed by atoms with Crippen LogP contribution in [-0.2, 0) is 16.1 Å². The van der Waals surface area contributed by atoms with E-state index in [0.717, 1.165) is 24.2 Å². The number of benzene rings is 1. The van der Waals surface area contributed by atoms with Crippen molar-refractivity contribution in [2.45, 2.75) is 32.4 Å². The van der Waals surface area contributed by atoms with Gasteiger partial charge in [-0.25, -0.2) is 0 Å². The van der Waals surface area contributed by atoms with Crippen molar-refractivity contribution in [3.63, 3.8) is 0 Å². The molecule has 2 amide bonds. The first-order chi connectivity index (χ1) is 9.08. The number of nitrogens with one attached hydrogen (secondary N) is 1. The minimum Gasteiger partial charge on any atom is -0.351 e. The maximum absolute atomic E-state index is 11.6. The lowest BCUT2D eigenvalue weighted by Crippen LogP contribution is -2.37. The number of nitrogens with zero attached hydrogens (tertiary/aromatic N) is 1. The molecule has 1 aromatic rings. The topological polar surface area (TPSA) is 75.4 Å². The van der Waals surface area contributed by atoms with E-state index in [1.165, 1.54) is 0 Å². The predicted octanol–water partition coefficient (Wildman–Crippen LogP) is 0.777. The van der Waals surface area contributed by atoms with Crippen molar-refractivity contribution in [3.05, 3.63) is 29.8 Å². The Morgan fingerprint density at radius 1 is 1.42 bits per heavy atom. The van der Waals surface area contributed by atoms with Crippen LogP contribution in [0.2, 0.25) is 0 Å². The summed E-state index contributed by atoms with van der Waals surface area (Å²) in [5.41, 5.74) is 7.38. The molecule has 0 unspecified atom stereocenters. The van der Waals surface area contributed by atoms with Crippen molar-refractivity contribution >= 4 is 17.5 Å². The smallest absolute Gasteiger partial charge is 0.236 e. The number of carbonyl (C=O) groups excluding carboxylic acids is 2. The minimum absolute atomic E-state index is 0.168. The number of rotatable bonds is 4. The van der Waals surface area contributed by atoms with Gasteiger partial charge < -0.3 is 16.0 Å². The third kappa shape index (κ3) is 3.32. The van der Waals surface area contributed by atoms with Crippen LogP contribution in [0.15, 0.2) is 24.3 Å². The first kappa shape index (κ1) is 13.5. The van der Waals surface area contributed by atoms with Gasteiger partial charge in [-0.2, -0.15) is 0 Å². The van der Waals surface area contributed by atoms with E-state index in [1.54, 1.807) is 11.8 Å². The molecule has 1 atom stereocenters. The summed E-state index contributed by atoms with van der Waals surface area (Å²) in [5.74, 6) is 0.0109. The molecule has 1 saturated heterocycles. The van der Waals surface area contributed by atoms with Crippen LogP contribution in [0, 0.1) is 0 Å². The van der Waals surface area contributed by atoms with Crippen molar-refractivity contribution in [3.8, 4) is 0 Å². The Morgan fingerprint density at radius 3 is 2.63 bits per heavy atom. The molecular weight excluding hydrogens is 242 g/mol. The highest BCUT2D eigenvalue weighted by Crippen LogP contribution is 2.21. The number of amides is 2. The van der Waals surface area contributed by atoms with E-state index in [1.807, 2.05) is 24.3 Å². The molecule has 0 spiro atoms. The molecule has 102 valence electrons. The van der Waals surface area contributed by atoms with Gasteiger partial charge in [-0.1, -0.05) is 12.1 Å². The summed E-state index contributed by atoms with van der Waals surface area (Å²) in [6.45, 7) is 2.89. The summed E-state index contributed by atoms with van der Waals surface area (Å²) in [6.07, 6.45) is 1.55. The fraction of sp³-hybridized carbons (Fsp3) is 0.429. The SMILES string of the molecule is C[C@H](N)C(=O)NCc1ccc(N2CCCC2=O)cc1. The summed E-state index contributed by atoms with van der Waals surface area (Å²) in [7, 11) is 0. The minimum atomic E-state index is -0.499. The number of nitrogens with two attached hydrogens (primary N) is 1. The van der Waals surface area contributed by atoms with Gasteiger partial charge in [-0.15, -0.1) is 0 Å². The lowest BCUT2D eigenvalue weighted by Gasteiger charge is -2.16. The van der Waals surface area contributed by atoms with Gasteiger partial charge in [-0.05, 0) is 31.0 Å². The number of hydrogen-bond acceptors (Lipinski definition) is 3. The number of carbonyl (C=O) groups is 2. The average molecular weight is 261 g/mol. The van der Waals surface area contributed by atoms with Gasteiger partial charge in [0.05, 0.1) is 6.04 Å². The molecule has 3 N–H and O–H groups in total. The fourth-order valence-electron chi connectivity index (χ4n) is 2.07. The summed E-state index contributed by atoms with van der Waals surface area (Å²) in [4.78, 5) is 24.7. The third-order valence-electron chi connectivity index (χ3n) is 3.20. The van der Waals surface area contributed by atoms with Gasteiger partial charge in [0.1, 0.15) is 0 Å². The van der Waals surface area contributed by atoms with Crippen LogP contribution in [0.1, 0.15) is 25.3 Å². The van der Waals surface area contributed by atoms with E-state index in [0.29, 0.717) is 13.0 Å². The van der Waals surface area contributed by atoms with Crippen LogP contribution >= 0.6 is 0 Å². The second-order valence-electron chi connectivity index (χ2n) is 4.82. The maximum Gasteiger partial charge on any atom is 0.236 e. The van der Waals surface area contributed by atoms with E-state index >= 15 is 0 Å². The van der Waals surface area contributed by atoms with Crippen LogP contribution in [-0.4, -0.2) is 24.4 Å². The number of hydrogen-bond donors (Lipinski definition) is 2. The summed E-state index contributed by atoms with van der Waals surface area (Å²) < 4.78 is 0. The molecule has 1 fully saturated rings. The van der Waals surface area contributed by atoms with E-state index in [4.69, 9.17) is 5.73 Å². The van der Waals surface area contributed by atoms with Crippen molar-refractivity contribution < 1.29 is 9.59 Å². The van der Waals surface area contributed by atoms with E-state index in [9.17, 15) is 9.59 Å². The Balaban J connectivity index is 1.95. The average Bonchev–Trinajstić information content (AvgIpc) is 2.82. The predicted molar refractivity (Wildman–Crippen MR) is 73.5 cm³/mol. The maximum atomic E-state index is 11.6. The monoisotopic (exact) mass is 261 g/mol. The number of anilines is 1. The largest absolute Gasteiger partial charge is 0.351 e. The Bertz CT molecular complexity index is 468. The highest BCUT2D eigenvalue weighted by Gasteiger charge is 2.21. The van der Waals surface area contributed by atoms with Crippen molar-refractivity contribution in [1.29, 1.82) is 0 Å². The summed E-state index contributed by atoms with van der Waals surface area (Å²) in [6, 6.07) is 7.17. The molecule has 0 saturated carbocycles. The lowest BCUT2D eigenvalue weighted by molar-refractivity contribution is -0.122. The Hall–Kier alpha value is -1.88. The Kier molecular flexibility index (Phi) is 4.16. The van der Waals surface area contributed by atoms with Crippen LogP contribution in [0.5, 0.6) is 0 Å². The molecule has 1 aromatic carbocycles. The van der Waals surface area contributed by atoms with Crippen LogP contribution < -0.4 is 16.0 Å². The van der Waals surface area contributed by atoms with E-state index in [2.05, 4.69) is 5.32 Å². The van der Waals surface area contributed by atoms with Crippen molar-refractivity contribution in [1.82, 2.24) is 5.32 Å². The van der Waals surface area contributed by atoms with Crippen LogP contribution in [0.25, 0.3) is 0 Å². The molecule has 1 aliphatic rings. The molecule has 1 aliphatic heterocycles. The van der Waals surface area contributed by atoms with Crippen LogP contribution in [0.3, 0.4) is 0 Å². The zero-order chi connectivity index (χ0) is 13.8. The third-order valence-corrected chi connectivity index (χ3v) is 3.20. The second-order valence-corrected chi connectivity index (χ2v) is 4.82. The van der Waals surface area contributed by atoms with Gasteiger partial charge in [0.15, 0.2) is 0 Å². The first-order valence-electron chi connectivity index (χ1n) is 6.50. The zero-order valence-electron chi connectivity index (χ0n) is 11.1.